The molecule has 1 rings (SSSR count). The Morgan fingerprint density at radius 3 is 2.07 bits per heavy atom. The average molecular weight is 412 g/mol. The summed E-state index contributed by atoms with van der Waals surface area (Å²) in [6.07, 6.45) is 14.9. The van der Waals surface area contributed by atoms with E-state index in [1.165, 1.54) is 37.7 Å². The van der Waals surface area contributed by atoms with E-state index in [2.05, 4.69) is 68.4 Å². The predicted molar refractivity (Wildman–Crippen MR) is 133 cm³/mol. The van der Waals surface area contributed by atoms with Gasteiger partial charge in [0.15, 0.2) is 0 Å². The van der Waals surface area contributed by atoms with Crippen LogP contribution in [-0.2, 0) is 4.79 Å². The Kier molecular flexibility index (Phi) is 33.0. The van der Waals surface area contributed by atoms with Crippen LogP contribution in [0.2, 0.25) is 0 Å². The Hall–Kier alpha value is -0.970. The Bertz CT molecular complexity index is 359. The van der Waals surface area contributed by atoms with Gasteiger partial charge in [-0.3, -0.25) is 4.90 Å². The molecule has 0 amide bonds. The molecule has 0 spiro atoms. The molecule has 0 radical (unpaired) electrons. The van der Waals surface area contributed by atoms with Gasteiger partial charge in [-0.2, -0.15) is 0 Å². The van der Waals surface area contributed by atoms with Gasteiger partial charge in [0.25, 0.3) is 0 Å². The summed E-state index contributed by atoms with van der Waals surface area (Å²) in [6, 6.07) is 0.679. The number of nitrogens with one attached hydrogen (secondary N) is 2. The Morgan fingerprint density at radius 2 is 1.66 bits per heavy atom. The van der Waals surface area contributed by atoms with Crippen molar-refractivity contribution in [3.63, 3.8) is 0 Å². The third kappa shape index (κ3) is 25.0. The molecule has 0 aliphatic carbocycles. The lowest BCUT2D eigenvalue weighted by Gasteiger charge is -2.30. The lowest BCUT2D eigenvalue weighted by atomic mass is 10.1. The lowest BCUT2D eigenvalue weighted by molar-refractivity contribution is -0.109. The molecule has 0 bridgehead atoms. The molecule has 174 valence electrons. The van der Waals surface area contributed by atoms with Crippen LogP contribution < -0.4 is 10.6 Å². The standard InChI is InChI=1S/C11H21N.C9H18N2O.C3H8.C2H6/c1-4-7-11(8-5-2)9-6-10-12-3;1-2-10-9-3-5-11(6-4-9)7-8-12;1-3-2;1-2/h6-7,9,12H,4-5,8,10H2,1-3H3;8-10H,2-7H2,1H3;3H2,1-2H3;1-2H3/b9-6-,11-7-;;;. The van der Waals surface area contributed by atoms with Crippen LogP contribution in [0.4, 0.5) is 0 Å². The normalized spacial score (nSPS) is 14.8. The first-order valence-electron chi connectivity index (χ1n) is 12.0. The highest BCUT2D eigenvalue weighted by Gasteiger charge is 2.17. The molecule has 1 aliphatic rings. The summed E-state index contributed by atoms with van der Waals surface area (Å²) in [5, 5.41) is 6.53. The lowest BCUT2D eigenvalue weighted by Crippen LogP contribution is -2.42. The van der Waals surface area contributed by atoms with Gasteiger partial charge in [-0.25, -0.2) is 0 Å². The van der Waals surface area contributed by atoms with Crippen LogP contribution in [0.15, 0.2) is 23.8 Å². The number of aldehydes is 1. The molecule has 0 aromatic heterocycles. The number of allylic oxidation sites excluding steroid dienone is 3. The minimum atomic E-state index is 0.610. The second-order valence-corrected chi connectivity index (χ2v) is 6.90. The number of nitrogens with zero attached hydrogens (tertiary/aromatic N) is 1. The molecule has 1 aliphatic heterocycles. The van der Waals surface area contributed by atoms with E-state index < -0.39 is 0 Å². The van der Waals surface area contributed by atoms with Crippen molar-refractivity contribution >= 4 is 6.29 Å². The summed E-state index contributed by atoms with van der Waals surface area (Å²) < 4.78 is 0. The van der Waals surface area contributed by atoms with E-state index in [-0.39, 0.29) is 0 Å². The van der Waals surface area contributed by atoms with Crippen molar-refractivity contribution in [1.29, 1.82) is 0 Å². The molecular formula is C25H53N3O. The van der Waals surface area contributed by atoms with Crippen molar-refractivity contribution in [1.82, 2.24) is 15.5 Å². The maximum Gasteiger partial charge on any atom is 0.133 e. The third-order valence-corrected chi connectivity index (χ3v) is 4.07. The highest BCUT2D eigenvalue weighted by Crippen LogP contribution is 2.09. The zero-order chi connectivity index (χ0) is 22.8. The summed E-state index contributed by atoms with van der Waals surface area (Å²) >= 11 is 0. The molecule has 0 aromatic rings. The zero-order valence-electron chi connectivity index (χ0n) is 21.0. The Morgan fingerprint density at radius 1 is 1.07 bits per heavy atom. The van der Waals surface area contributed by atoms with Gasteiger partial charge < -0.3 is 15.4 Å². The Labute approximate surface area is 183 Å². The smallest absolute Gasteiger partial charge is 0.133 e. The van der Waals surface area contributed by atoms with Crippen LogP contribution in [0.5, 0.6) is 0 Å². The number of piperidine rings is 1. The first-order valence-corrected chi connectivity index (χ1v) is 12.0. The molecule has 1 saturated heterocycles. The largest absolute Gasteiger partial charge is 0.316 e. The van der Waals surface area contributed by atoms with Crippen molar-refractivity contribution in [3.8, 4) is 0 Å². The van der Waals surface area contributed by atoms with Crippen LogP contribution in [0.3, 0.4) is 0 Å². The summed E-state index contributed by atoms with van der Waals surface area (Å²) in [4.78, 5) is 12.4. The van der Waals surface area contributed by atoms with E-state index in [9.17, 15) is 4.79 Å². The Balaban J connectivity index is -0.000000381. The average Bonchev–Trinajstić information content (AvgIpc) is 2.73. The van der Waals surface area contributed by atoms with Gasteiger partial charge >= 0.3 is 0 Å². The van der Waals surface area contributed by atoms with Crippen LogP contribution in [0, 0.1) is 0 Å². The molecule has 1 fully saturated rings. The van der Waals surface area contributed by atoms with Gasteiger partial charge in [0.05, 0.1) is 6.54 Å². The first kappa shape index (κ1) is 32.7. The summed E-state index contributed by atoms with van der Waals surface area (Å²) in [7, 11) is 1.97. The minimum Gasteiger partial charge on any atom is -0.316 e. The maximum absolute atomic E-state index is 10.2. The quantitative estimate of drug-likeness (QED) is 0.363. The highest BCUT2D eigenvalue weighted by molar-refractivity contribution is 5.51. The van der Waals surface area contributed by atoms with E-state index in [0.29, 0.717) is 12.6 Å². The van der Waals surface area contributed by atoms with E-state index in [0.717, 1.165) is 38.9 Å². The van der Waals surface area contributed by atoms with E-state index in [1.807, 2.05) is 20.9 Å². The van der Waals surface area contributed by atoms with Gasteiger partial charge in [-0.15, -0.1) is 0 Å². The molecule has 0 aromatic carbocycles. The van der Waals surface area contributed by atoms with Gasteiger partial charge in [-0.1, -0.05) is 85.1 Å². The van der Waals surface area contributed by atoms with E-state index in [1.54, 1.807) is 0 Å². The number of hydrogen-bond acceptors (Lipinski definition) is 4. The highest BCUT2D eigenvalue weighted by atomic mass is 16.1. The van der Waals surface area contributed by atoms with Crippen molar-refractivity contribution in [3.05, 3.63) is 23.8 Å². The van der Waals surface area contributed by atoms with Gasteiger partial charge in [0, 0.05) is 25.7 Å². The van der Waals surface area contributed by atoms with Crippen LogP contribution in [-0.4, -0.2) is 57.0 Å². The monoisotopic (exact) mass is 411 g/mol. The maximum atomic E-state index is 10.2. The summed E-state index contributed by atoms with van der Waals surface area (Å²) in [5.74, 6) is 0. The third-order valence-electron chi connectivity index (χ3n) is 4.07. The zero-order valence-corrected chi connectivity index (χ0v) is 21.0. The molecular weight excluding hydrogens is 358 g/mol. The van der Waals surface area contributed by atoms with Crippen molar-refractivity contribution in [2.75, 3.05) is 39.8 Å². The second-order valence-electron chi connectivity index (χ2n) is 6.90. The number of likely N-dealkylation sites (N-methyl/N-ethyl adjacent to an activating group) is 1. The molecule has 1 heterocycles. The van der Waals surface area contributed by atoms with Crippen molar-refractivity contribution < 1.29 is 4.79 Å². The van der Waals surface area contributed by atoms with Gasteiger partial charge in [-0.05, 0) is 39.3 Å². The fraction of sp³-hybridized carbons (Fsp3) is 0.800. The molecule has 0 atom stereocenters. The van der Waals surface area contributed by atoms with Crippen LogP contribution >= 0.6 is 0 Å². The van der Waals surface area contributed by atoms with Crippen LogP contribution in [0.1, 0.15) is 87.0 Å². The first-order chi connectivity index (χ1) is 14.1. The molecule has 0 saturated carbocycles. The summed E-state index contributed by atoms with van der Waals surface area (Å²) in [5.41, 5.74) is 1.47. The second kappa shape index (κ2) is 29.2. The molecule has 29 heavy (non-hydrogen) atoms. The van der Waals surface area contributed by atoms with Crippen molar-refractivity contribution in [2.24, 2.45) is 0 Å². The van der Waals surface area contributed by atoms with E-state index in [4.69, 9.17) is 0 Å². The SMILES string of the molecule is CC.CC/C=C(\C=C/CNC)CCC.CCC.CCNC1CCN(CC=O)CC1. The topological polar surface area (TPSA) is 44.4 Å². The number of hydrogen-bond donors (Lipinski definition) is 2. The number of likely N-dealkylation sites (tertiary alicyclic amines) is 1. The predicted octanol–water partition coefficient (Wildman–Crippen LogP) is 5.60. The number of carbonyl (C=O) groups is 1. The summed E-state index contributed by atoms with van der Waals surface area (Å²) in [6.45, 7) is 19.5. The molecule has 0 unspecified atom stereocenters. The fourth-order valence-corrected chi connectivity index (χ4v) is 2.85. The fourth-order valence-electron chi connectivity index (χ4n) is 2.85. The molecule has 2 N–H and O–H groups in total. The van der Waals surface area contributed by atoms with Crippen LogP contribution in [0.25, 0.3) is 0 Å². The minimum absolute atomic E-state index is 0.610. The van der Waals surface area contributed by atoms with E-state index >= 15 is 0 Å². The number of rotatable bonds is 10. The van der Waals surface area contributed by atoms with Gasteiger partial charge in [0.1, 0.15) is 6.29 Å². The van der Waals surface area contributed by atoms with Crippen molar-refractivity contribution in [2.45, 2.75) is 93.0 Å². The number of carbonyl (C=O) groups excluding carboxylic acids is 1. The molecule has 4 nitrogen and oxygen atoms in total. The van der Waals surface area contributed by atoms with Gasteiger partial charge in [0.2, 0.25) is 0 Å². The molecule has 4 heteroatoms.